The molecule has 1 heteroatoms. The molecule has 0 nitrogen and oxygen atoms in total. The van der Waals surface area contributed by atoms with Crippen LogP contribution in [0.1, 0.15) is 0 Å². The monoisotopic (exact) mass is 236 g/mol. The van der Waals surface area contributed by atoms with Gasteiger partial charge in [-0.3, -0.25) is 0 Å². The van der Waals surface area contributed by atoms with Crippen LogP contribution < -0.4 is 0 Å². The third kappa shape index (κ3) is 1.77. The van der Waals surface area contributed by atoms with Crippen LogP contribution in [0.4, 0.5) is 0 Å². The third-order valence-corrected chi connectivity index (χ3v) is 3.65. The summed E-state index contributed by atoms with van der Waals surface area (Å²) >= 11 is 0. The van der Waals surface area contributed by atoms with E-state index in [0.717, 1.165) is 0 Å². The number of hydrogen-bond acceptors (Lipinski definition) is 0. The number of fused-ring (bicyclic) bond motifs is 6. The van der Waals surface area contributed by atoms with Crippen molar-refractivity contribution in [3.63, 3.8) is 0 Å². The van der Waals surface area contributed by atoms with Crippen LogP contribution in [0.3, 0.4) is 0 Å². The van der Waals surface area contributed by atoms with Gasteiger partial charge in [0.1, 0.15) is 0 Å². The Bertz CT molecular complexity index is 657. The van der Waals surface area contributed by atoms with E-state index >= 15 is 0 Å². The van der Waals surface area contributed by atoms with Crippen LogP contribution in [-0.4, -0.2) is 18.9 Å². The molecule has 0 unspecified atom stereocenters. The van der Waals surface area contributed by atoms with E-state index in [4.69, 9.17) is 0 Å². The van der Waals surface area contributed by atoms with Crippen LogP contribution in [0.5, 0.6) is 0 Å². The van der Waals surface area contributed by atoms with Crippen LogP contribution >= 0.6 is 0 Å². The van der Waals surface area contributed by atoms with Gasteiger partial charge in [0.05, 0.1) is 0 Å². The molecule has 0 saturated carbocycles. The normalized spacial score (nSPS) is 10.7. The molecule has 0 aromatic heterocycles. The molecule has 86 valence electrons. The Hall–Kier alpha value is -1.74. The van der Waals surface area contributed by atoms with Gasteiger partial charge in [-0.1, -0.05) is 72.8 Å². The molecule has 0 radical (unpaired) electrons. The van der Waals surface area contributed by atoms with E-state index in [-0.39, 0.29) is 18.9 Å². The van der Waals surface area contributed by atoms with E-state index < -0.39 is 0 Å². The van der Waals surface area contributed by atoms with Crippen LogP contribution in [-0.2, 0) is 0 Å². The van der Waals surface area contributed by atoms with Crippen molar-refractivity contribution in [3.8, 4) is 0 Å². The minimum absolute atomic E-state index is 0. The molecular formula is C18H13Li. The molecule has 0 saturated heterocycles. The maximum absolute atomic E-state index is 2.21. The SMILES string of the molecule is [LiH].c1ccc2c(c1)c1ccccc1c1ccccc21. The molecule has 0 aliphatic rings. The summed E-state index contributed by atoms with van der Waals surface area (Å²) in [6, 6.07) is 26.0. The summed E-state index contributed by atoms with van der Waals surface area (Å²) in [7, 11) is 0. The fourth-order valence-electron chi connectivity index (χ4n) is 2.86. The third-order valence-electron chi connectivity index (χ3n) is 3.65. The Morgan fingerprint density at radius 1 is 0.316 bits per heavy atom. The van der Waals surface area contributed by atoms with Crippen molar-refractivity contribution in [1.29, 1.82) is 0 Å². The average molecular weight is 236 g/mol. The van der Waals surface area contributed by atoms with E-state index in [9.17, 15) is 0 Å². The van der Waals surface area contributed by atoms with E-state index in [1.54, 1.807) is 0 Å². The first-order chi connectivity index (χ1) is 8.95. The topological polar surface area (TPSA) is 0 Å². The van der Waals surface area contributed by atoms with Crippen molar-refractivity contribution in [2.75, 3.05) is 0 Å². The summed E-state index contributed by atoms with van der Waals surface area (Å²) in [5.74, 6) is 0. The summed E-state index contributed by atoms with van der Waals surface area (Å²) in [6.07, 6.45) is 0. The summed E-state index contributed by atoms with van der Waals surface area (Å²) < 4.78 is 0. The average Bonchev–Trinajstić information content (AvgIpc) is 2.48. The Labute approximate surface area is 124 Å². The van der Waals surface area contributed by atoms with Crippen molar-refractivity contribution in [2.45, 2.75) is 0 Å². The predicted octanol–water partition coefficient (Wildman–Crippen LogP) is 4.50. The molecular weight excluding hydrogens is 223 g/mol. The van der Waals surface area contributed by atoms with Crippen LogP contribution in [0.25, 0.3) is 32.3 Å². The molecule has 0 atom stereocenters. The fraction of sp³-hybridized carbons (Fsp3) is 0. The van der Waals surface area contributed by atoms with Gasteiger partial charge in [0, 0.05) is 0 Å². The van der Waals surface area contributed by atoms with E-state index in [0.29, 0.717) is 0 Å². The first kappa shape index (κ1) is 12.3. The molecule has 4 aromatic carbocycles. The molecule has 0 amide bonds. The Balaban J connectivity index is 0.00000110. The molecule has 0 bridgehead atoms. The molecule has 0 aliphatic carbocycles. The van der Waals surface area contributed by atoms with Gasteiger partial charge in [0.25, 0.3) is 0 Å². The Morgan fingerprint density at radius 3 is 0.632 bits per heavy atom. The minimum atomic E-state index is 0. The zero-order valence-electron chi connectivity index (χ0n) is 9.93. The zero-order valence-corrected chi connectivity index (χ0v) is 9.93. The van der Waals surface area contributed by atoms with Gasteiger partial charge in [0.15, 0.2) is 0 Å². The Kier molecular flexibility index (Phi) is 3.07. The largest absolute Gasteiger partial charge is 0.0616 e. The van der Waals surface area contributed by atoms with Crippen molar-refractivity contribution in [2.24, 2.45) is 0 Å². The van der Waals surface area contributed by atoms with Crippen molar-refractivity contribution >= 4 is 51.2 Å². The van der Waals surface area contributed by atoms with Crippen molar-refractivity contribution in [1.82, 2.24) is 0 Å². The zero-order chi connectivity index (χ0) is 11.9. The fourth-order valence-corrected chi connectivity index (χ4v) is 2.86. The van der Waals surface area contributed by atoms with Gasteiger partial charge in [-0.05, 0) is 32.3 Å². The second kappa shape index (κ2) is 4.74. The quantitative estimate of drug-likeness (QED) is 0.311. The molecule has 19 heavy (non-hydrogen) atoms. The van der Waals surface area contributed by atoms with E-state index in [2.05, 4.69) is 72.8 Å². The summed E-state index contributed by atoms with van der Waals surface area (Å²) in [4.78, 5) is 0. The summed E-state index contributed by atoms with van der Waals surface area (Å²) in [5.41, 5.74) is 0. The van der Waals surface area contributed by atoms with E-state index in [1.165, 1.54) is 32.3 Å². The summed E-state index contributed by atoms with van der Waals surface area (Å²) in [6.45, 7) is 0. The van der Waals surface area contributed by atoms with Crippen LogP contribution in [0, 0.1) is 0 Å². The number of rotatable bonds is 0. The maximum Gasteiger partial charge on any atom is -0.00990 e. The van der Waals surface area contributed by atoms with Crippen LogP contribution in [0.15, 0.2) is 72.8 Å². The first-order valence-corrected chi connectivity index (χ1v) is 6.23. The molecule has 0 heterocycles. The van der Waals surface area contributed by atoms with Crippen molar-refractivity contribution < 1.29 is 0 Å². The second-order valence-corrected chi connectivity index (χ2v) is 4.64. The van der Waals surface area contributed by atoms with Gasteiger partial charge < -0.3 is 0 Å². The molecule has 4 rings (SSSR count). The molecule has 4 aromatic rings. The summed E-state index contributed by atoms with van der Waals surface area (Å²) in [5, 5.41) is 8.04. The van der Waals surface area contributed by atoms with Gasteiger partial charge in [0.2, 0.25) is 0 Å². The van der Waals surface area contributed by atoms with Gasteiger partial charge in [-0.2, -0.15) is 0 Å². The van der Waals surface area contributed by atoms with Gasteiger partial charge >= 0.3 is 18.9 Å². The second-order valence-electron chi connectivity index (χ2n) is 4.64. The van der Waals surface area contributed by atoms with Crippen molar-refractivity contribution in [3.05, 3.63) is 72.8 Å². The first-order valence-electron chi connectivity index (χ1n) is 6.23. The standard InChI is InChI=1S/C18H12.Li.H/c1-2-8-14-13(7-1)15-9-3-4-11-17(15)18-12-6-5-10-16(14)18;;/h1-12H;;. The predicted molar refractivity (Wildman–Crippen MR) is 86.1 cm³/mol. The molecule has 0 aliphatic heterocycles. The van der Waals surface area contributed by atoms with Gasteiger partial charge in [-0.25, -0.2) is 0 Å². The smallest absolute Gasteiger partial charge is 0.00990 e. The van der Waals surface area contributed by atoms with E-state index in [1.807, 2.05) is 0 Å². The molecule has 0 fully saturated rings. The molecule has 0 N–H and O–H groups in total. The number of benzene rings is 4. The molecule has 0 spiro atoms. The number of hydrogen-bond donors (Lipinski definition) is 0. The van der Waals surface area contributed by atoms with Gasteiger partial charge in [-0.15, -0.1) is 0 Å². The maximum atomic E-state index is 2.21. The minimum Gasteiger partial charge on any atom is -0.0616 e. The van der Waals surface area contributed by atoms with Crippen LogP contribution in [0.2, 0.25) is 0 Å². The Morgan fingerprint density at radius 2 is 0.474 bits per heavy atom.